The summed E-state index contributed by atoms with van der Waals surface area (Å²) >= 11 is 6.79. The minimum atomic E-state index is -0.254. The number of aromatic nitrogens is 1. The van der Waals surface area contributed by atoms with Crippen LogP contribution in [0.4, 0.5) is 11.4 Å². The van der Waals surface area contributed by atoms with Crippen LogP contribution in [0.3, 0.4) is 0 Å². The number of anilines is 2. The molecule has 0 unspecified atom stereocenters. The zero-order chi connectivity index (χ0) is 13.8. The maximum absolute atomic E-state index is 12.1. The first-order valence-electron chi connectivity index (χ1n) is 5.51. The van der Waals surface area contributed by atoms with Crippen LogP contribution < -0.4 is 10.6 Å². The Morgan fingerprint density at radius 3 is 2.37 bits per heavy atom. The number of carbonyl (C=O) groups is 1. The monoisotopic (exact) mass is 383 g/mol. The van der Waals surface area contributed by atoms with Gasteiger partial charge in [-0.1, -0.05) is 6.07 Å². The molecule has 4 nitrogen and oxygen atoms in total. The number of nitrogens with zero attached hydrogens (tertiary/aromatic N) is 1. The molecule has 98 valence electrons. The van der Waals surface area contributed by atoms with Crippen LogP contribution in [0.1, 0.15) is 10.5 Å². The molecule has 0 fully saturated rings. The van der Waals surface area contributed by atoms with Gasteiger partial charge in [-0.15, -0.1) is 0 Å². The number of pyridine rings is 1. The fourth-order valence-corrected chi connectivity index (χ4v) is 2.67. The Balaban J connectivity index is 2.20. The van der Waals surface area contributed by atoms with E-state index in [1.165, 1.54) is 0 Å². The van der Waals surface area contributed by atoms with Gasteiger partial charge in [-0.2, -0.15) is 0 Å². The van der Waals surface area contributed by atoms with Gasteiger partial charge in [-0.25, -0.2) is 4.98 Å². The van der Waals surface area contributed by atoms with Gasteiger partial charge in [0, 0.05) is 16.0 Å². The fraction of sp³-hybridized carbons (Fsp3) is 0.0769. The number of amides is 1. The second-order valence-corrected chi connectivity index (χ2v) is 5.44. The third kappa shape index (κ3) is 3.33. The van der Waals surface area contributed by atoms with Crippen LogP contribution >= 0.6 is 31.9 Å². The highest BCUT2D eigenvalue weighted by molar-refractivity contribution is 9.11. The molecule has 2 aromatic rings. The number of benzene rings is 1. The van der Waals surface area contributed by atoms with E-state index in [0.29, 0.717) is 11.4 Å². The lowest BCUT2D eigenvalue weighted by molar-refractivity contribution is 0.102. The van der Waals surface area contributed by atoms with Gasteiger partial charge in [-0.05, 0) is 56.1 Å². The molecule has 0 atom stereocenters. The van der Waals surface area contributed by atoms with Crippen LogP contribution in [0.2, 0.25) is 0 Å². The predicted octanol–water partition coefficient (Wildman–Crippen LogP) is 3.90. The summed E-state index contributed by atoms with van der Waals surface area (Å²) in [6.07, 6.45) is 1.62. The molecule has 1 amide bonds. The zero-order valence-electron chi connectivity index (χ0n) is 10.1. The van der Waals surface area contributed by atoms with E-state index in [9.17, 15) is 4.79 Å². The van der Waals surface area contributed by atoms with Gasteiger partial charge in [0.2, 0.25) is 0 Å². The van der Waals surface area contributed by atoms with E-state index in [2.05, 4.69) is 47.5 Å². The number of para-hydroxylation sites is 1. The van der Waals surface area contributed by atoms with Crippen molar-refractivity contribution in [3.8, 4) is 0 Å². The highest BCUT2D eigenvalue weighted by Gasteiger charge is 2.11. The van der Waals surface area contributed by atoms with Crippen molar-refractivity contribution in [3.63, 3.8) is 0 Å². The van der Waals surface area contributed by atoms with Crippen molar-refractivity contribution in [1.29, 1.82) is 0 Å². The van der Waals surface area contributed by atoms with Crippen molar-refractivity contribution in [3.05, 3.63) is 51.2 Å². The lowest BCUT2D eigenvalue weighted by Gasteiger charge is -2.09. The minimum Gasteiger partial charge on any atom is -0.387 e. The summed E-state index contributed by atoms with van der Waals surface area (Å²) < 4.78 is 1.61. The number of halogens is 2. The van der Waals surface area contributed by atoms with Gasteiger partial charge in [0.15, 0.2) is 0 Å². The molecule has 0 radical (unpaired) electrons. The predicted molar refractivity (Wildman–Crippen MR) is 83.6 cm³/mol. The first kappa shape index (κ1) is 14.0. The van der Waals surface area contributed by atoms with Gasteiger partial charge in [0.25, 0.3) is 5.91 Å². The largest absolute Gasteiger partial charge is 0.387 e. The molecule has 0 aliphatic heterocycles. The van der Waals surface area contributed by atoms with E-state index < -0.39 is 0 Å². The van der Waals surface area contributed by atoms with Crippen LogP contribution in [0.25, 0.3) is 0 Å². The van der Waals surface area contributed by atoms with Crippen molar-refractivity contribution in [2.45, 2.75) is 0 Å². The molecule has 1 aromatic carbocycles. The summed E-state index contributed by atoms with van der Waals surface area (Å²) in [5.41, 5.74) is 1.91. The molecule has 0 spiro atoms. The maximum Gasteiger partial charge on any atom is 0.274 e. The lowest BCUT2D eigenvalue weighted by atomic mass is 10.3. The SMILES string of the molecule is CNc1ccc(C(=O)Nc2c(Br)cccc2Br)nc1. The molecule has 0 aliphatic carbocycles. The standard InChI is InChI=1S/C13H11Br2N3O/c1-16-8-5-6-11(17-7-8)13(19)18-12-9(14)3-2-4-10(12)15/h2-7,16H,1H3,(H,18,19). The van der Waals surface area contributed by atoms with Gasteiger partial charge in [0.1, 0.15) is 5.69 Å². The summed E-state index contributed by atoms with van der Waals surface area (Å²) in [4.78, 5) is 16.2. The molecule has 1 heterocycles. The molecular weight excluding hydrogens is 374 g/mol. The number of rotatable bonds is 3. The van der Waals surface area contributed by atoms with Crippen molar-refractivity contribution >= 4 is 49.1 Å². The Bertz CT molecular complexity index is 579. The summed E-state index contributed by atoms with van der Waals surface area (Å²) in [5.74, 6) is -0.254. The van der Waals surface area contributed by atoms with Gasteiger partial charge in [0.05, 0.1) is 17.6 Å². The summed E-state index contributed by atoms with van der Waals surface area (Å²) in [5, 5.41) is 5.77. The van der Waals surface area contributed by atoms with E-state index in [1.807, 2.05) is 18.2 Å². The van der Waals surface area contributed by atoms with E-state index >= 15 is 0 Å². The second-order valence-electron chi connectivity index (χ2n) is 3.73. The van der Waals surface area contributed by atoms with Crippen LogP contribution in [-0.4, -0.2) is 17.9 Å². The number of nitrogens with one attached hydrogen (secondary N) is 2. The Kier molecular flexibility index (Phi) is 4.55. The van der Waals surface area contributed by atoms with Crippen molar-refractivity contribution in [2.75, 3.05) is 17.7 Å². The molecule has 0 saturated carbocycles. The highest BCUT2D eigenvalue weighted by atomic mass is 79.9. The third-order valence-corrected chi connectivity index (χ3v) is 3.81. The average molecular weight is 385 g/mol. The van der Waals surface area contributed by atoms with E-state index in [4.69, 9.17) is 0 Å². The molecule has 6 heteroatoms. The molecule has 0 bridgehead atoms. The molecule has 0 aliphatic rings. The first-order valence-corrected chi connectivity index (χ1v) is 7.09. The molecular formula is C13H11Br2N3O. The highest BCUT2D eigenvalue weighted by Crippen LogP contribution is 2.30. The summed E-state index contributed by atoms with van der Waals surface area (Å²) in [6, 6.07) is 9.07. The van der Waals surface area contributed by atoms with Gasteiger partial charge in [-0.3, -0.25) is 4.79 Å². The average Bonchev–Trinajstić information content (AvgIpc) is 2.43. The van der Waals surface area contributed by atoms with E-state index in [0.717, 1.165) is 14.6 Å². The summed E-state index contributed by atoms with van der Waals surface area (Å²) in [7, 11) is 1.80. The van der Waals surface area contributed by atoms with Crippen LogP contribution in [0.5, 0.6) is 0 Å². The Labute approximate surface area is 127 Å². The molecule has 19 heavy (non-hydrogen) atoms. The number of hydrogen-bond donors (Lipinski definition) is 2. The summed E-state index contributed by atoms with van der Waals surface area (Å²) in [6.45, 7) is 0. The van der Waals surface area contributed by atoms with Crippen molar-refractivity contribution < 1.29 is 4.79 Å². The normalized spacial score (nSPS) is 10.1. The molecule has 2 rings (SSSR count). The van der Waals surface area contributed by atoms with Crippen LogP contribution in [0, 0.1) is 0 Å². The second kappa shape index (κ2) is 6.16. The van der Waals surface area contributed by atoms with E-state index in [-0.39, 0.29) is 5.91 Å². The Morgan fingerprint density at radius 2 is 1.84 bits per heavy atom. The maximum atomic E-state index is 12.1. The topological polar surface area (TPSA) is 54.0 Å². The van der Waals surface area contributed by atoms with Crippen LogP contribution in [0.15, 0.2) is 45.5 Å². The fourth-order valence-electron chi connectivity index (χ4n) is 1.47. The quantitative estimate of drug-likeness (QED) is 0.843. The molecule has 0 saturated heterocycles. The lowest BCUT2D eigenvalue weighted by Crippen LogP contribution is -2.14. The number of carbonyl (C=O) groups excluding carboxylic acids is 1. The third-order valence-electron chi connectivity index (χ3n) is 2.49. The minimum absolute atomic E-state index is 0.254. The Morgan fingerprint density at radius 1 is 1.16 bits per heavy atom. The number of hydrogen-bond acceptors (Lipinski definition) is 3. The van der Waals surface area contributed by atoms with Crippen LogP contribution in [-0.2, 0) is 0 Å². The Hall–Kier alpha value is -1.40. The smallest absolute Gasteiger partial charge is 0.274 e. The van der Waals surface area contributed by atoms with Crippen molar-refractivity contribution in [2.24, 2.45) is 0 Å². The molecule has 1 aromatic heterocycles. The first-order chi connectivity index (χ1) is 9.11. The van der Waals surface area contributed by atoms with E-state index in [1.54, 1.807) is 25.4 Å². The van der Waals surface area contributed by atoms with Crippen molar-refractivity contribution in [1.82, 2.24) is 4.98 Å². The zero-order valence-corrected chi connectivity index (χ0v) is 13.2. The van der Waals surface area contributed by atoms with Gasteiger partial charge >= 0.3 is 0 Å². The van der Waals surface area contributed by atoms with Gasteiger partial charge < -0.3 is 10.6 Å². The molecule has 2 N–H and O–H groups in total.